The van der Waals surface area contributed by atoms with E-state index in [1.54, 1.807) is 24.5 Å². The number of hydrogen-bond donors (Lipinski definition) is 2. The second kappa shape index (κ2) is 5.66. The van der Waals surface area contributed by atoms with Gasteiger partial charge in [0.15, 0.2) is 11.0 Å². The average Bonchev–Trinajstić information content (AvgIpc) is 2.41. The first-order chi connectivity index (χ1) is 9.11. The fourth-order valence-electron chi connectivity index (χ4n) is 1.42. The first-order valence-electron chi connectivity index (χ1n) is 5.34. The maximum Gasteiger partial charge on any atom is 0.192 e. The van der Waals surface area contributed by atoms with E-state index in [1.807, 2.05) is 6.92 Å². The molecular weight excluding hydrogens is 267 g/mol. The molecule has 0 amide bonds. The highest BCUT2D eigenvalue weighted by Crippen LogP contribution is 2.29. The van der Waals surface area contributed by atoms with Gasteiger partial charge in [-0.25, -0.2) is 14.4 Å². The zero-order chi connectivity index (χ0) is 13.8. The maximum absolute atomic E-state index is 13.7. The molecule has 0 radical (unpaired) electrons. The van der Waals surface area contributed by atoms with Crippen molar-refractivity contribution < 1.29 is 9.60 Å². The van der Waals surface area contributed by atoms with E-state index >= 15 is 0 Å². The van der Waals surface area contributed by atoms with Crippen LogP contribution >= 0.6 is 11.8 Å². The van der Waals surface area contributed by atoms with Crippen molar-refractivity contribution in [2.75, 3.05) is 0 Å². The first-order valence-corrected chi connectivity index (χ1v) is 6.16. The molecule has 7 heteroatoms. The number of nitrogens with two attached hydrogens (primary N) is 1. The molecule has 0 aliphatic rings. The van der Waals surface area contributed by atoms with Crippen LogP contribution in [0.1, 0.15) is 11.1 Å². The molecule has 0 spiro atoms. The fourth-order valence-corrected chi connectivity index (χ4v) is 2.28. The van der Waals surface area contributed by atoms with Crippen molar-refractivity contribution >= 4 is 17.6 Å². The van der Waals surface area contributed by atoms with Crippen LogP contribution in [-0.4, -0.2) is 21.0 Å². The molecule has 0 saturated heterocycles. The highest BCUT2D eigenvalue weighted by Gasteiger charge is 2.14. The van der Waals surface area contributed by atoms with E-state index in [-0.39, 0.29) is 11.4 Å². The third-order valence-electron chi connectivity index (χ3n) is 2.30. The van der Waals surface area contributed by atoms with Gasteiger partial charge >= 0.3 is 0 Å². The third kappa shape index (κ3) is 3.00. The average molecular weight is 278 g/mol. The molecule has 1 heterocycles. The largest absolute Gasteiger partial charge is 0.409 e. The van der Waals surface area contributed by atoms with E-state index in [9.17, 15) is 4.39 Å². The number of benzene rings is 1. The SMILES string of the molecule is Cc1cnc(Sc2cccc(F)c2C(N)=NO)nc1. The van der Waals surface area contributed by atoms with Crippen molar-refractivity contribution in [1.29, 1.82) is 0 Å². The van der Waals surface area contributed by atoms with Gasteiger partial charge in [-0.05, 0) is 36.4 Å². The Morgan fingerprint density at radius 2 is 2.05 bits per heavy atom. The van der Waals surface area contributed by atoms with Crippen molar-refractivity contribution in [3.8, 4) is 0 Å². The van der Waals surface area contributed by atoms with E-state index in [0.29, 0.717) is 10.1 Å². The monoisotopic (exact) mass is 278 g/mol. The minimum Gasteiger partial charge on any atom is -0.409 e. The van der Waals surface area contributed by atoms with Crippen LogP contribution in [0.25, 0.3) is 0 Å². The Hall–Kier alpha value is -2.15. The van der Waals surface area contributed by atoms with Crippen molar-refractivity contribution in [3.63, 3.8) is 0 Å². The summed E-state index contributed by atoms with van der Waals surface area (Å²) in [6.07, 6.45) is 3.33. The van der Waals surface area contributed by atoms with E-state index in [1.165, 1.54) is 6.07 Å². The van der Waals surface area contributed by atoms with Crippen LogP contribution in [0.5, 0.6) is 0 Å². The molecule has 3 N–H and O–H groups in total. The quantitative estimate of drug-likeness (QED) is 0.295. The minimum atomic E-state index is -0.563. The van der Waals surface area contributed by atoms with Crippen molar-refractivity contribution in [2.45, 2.75) is 17.0 Å². The van der Waals surface area contributed by atoms with E-state index in [2.05, 4.69) is 15.1 Å². The Kier molecular flexibility index (Phi) is 3.96. The van der Waals surface area contributed by atoms with Crippen molar-refractivity contribution in [1.82, 2.24) is 9.97 Å². The number of halogens is 1. The molecule has 2 aromatic rings. The molecule has 0 bridgehead atoms. The highest BCUT2D eigenvalue weighted by atomic mass is 32.2. The number of rotatable bonds is 3. The summed E-state index contributed by atoms with van der Waals surface area (Å²) in [6, 6.07) is 4.44. The number of hydrogen-bond acceptors (Lipinski definition) is 5. The Balaban J connectivity index is 2.40. The van der Waals surface area contributed by atoms with Crippen LogP contribution in [0, 0.1) is 12.7 Å². The van der Waals surface area contributed by atoms with Gasteiger partial charge in [0.05, 0.1) is 5.56 Å². The van der Waals surface area contributed by atoms with Crippen LogP contribution in [-0.2, 0) is 0 Å². The van der Waals surface area contributed by atoms with Crippen LogP contribution in [0.2, 0.25) is 0 Å². The molecule has 98 valence electrons. The molecule has 0 aliphatic carbocycles. The molecular formula is C12H11FN4OS. The molecule has 5 nitrogen and oxygen atoms in total. The number of nitrogens with zero attached hydrogens (tertiary/aromatic N) is 3. The second-order valence-electron chi connectivity index (χ2n) is 3.74. The van der Waals surface area contributed by atoms with Gasteiger partial charge in [0.25, 0.3) is 0 Å². The van der Waals surface area contributed by atoms with Gasteiger partial charge in [0.2, 0.25) is 0 Å². The normalized spacial score (nSPS) is 11.6. The summed E-state index contributed by atoms with van der Waals surface area (Å²) in [5.74, 6) is -0.847. The number of aryl methyl sites for hydroxylation is 1. The molecule has 2 rings (SSSR count). The van der Waals surface area contributed by atoms with Gasteiger partial charge in [-0.3, -0.25) is 0 Å². The zero-order valence-electron chi connectivity index (χ0n) is 10.0. The maximum atomic E-state index is 13.7. The topological polar surface area (TPSA) is 84.4 Å². The van der Waals surface area contributed by atoms with Crippen molar-refractivity contribution in [3.05, 3.63) is 47.5 Å². The molecule has 1 aromatic carbocycles. The summed E-state index contributed by atoms with van der Waals surface area (Å²) in [5, 5.41) is 12.0. The molecule has 0 saturated carbocycles. The third-order valence-corrected chi connectivity index (χ3v) is 3.25. The lowest BCUT2D eigenvalue weighted by atomic mass is 10.2. The van der Waals surface area contributed by atoms with Gasteiger partial charge in [-0.2, -0.15) is 0 Å². The molecule has 0 aliphatic heterocycles. The Labute approximate surface area is 113 Å². The van der Waals surface area contributed by atoms with Crippen LogP contribution in [0.15, 0.2) is 45.8 Å². The molecule has 1 aromatic heterocycles. The fraction of sp³-hybridized carbons (Fsp3) is 0.0833. The van der Waals surface area contributed by atoms with Gasteiger partial charge in [0.1, 0.15) is 5.82 Å². The molecule has 0 atom stereocenters. The van der Waals surface area contributed by atoms with Gasteiger partial charge in [0, 0.05) is 17.3 Å². The highest BCUT2D eigenvalue weighted by molar-refractivity contribution is 7.99. The van der Waals surface area contributed by atoms with Crippen LogP contribution in [0.4, 0.5) is 4.39 Å². The lowest BCUT2D eigenvalue weighted by molar-refractivity contribution is 0.318. The Morgan fingerprint density at radius 1 is 1.37 bits per heavy atom. The molecule has 19 heavy (non-hydrogen) atoms. The number of oxime groups is 1. The minimum absolute atomic E-state index is 0.0409. The van der Waals surface area contributed by atoms with Crippen LogP contribution in [0.3, 0.4) is 0 Å². The van der Waals surface area contributed by atoms with Gasteiger partial charge < -0.3 is 10.9 Å². The van der Waals surface area contributed by atoms with E-state index in [4.69, 9.17) is 10.9 Å². The summed E-state index contributed by atoms with van der Waals surface area (Å²) in [6.45, 7) is 1.87. The van der Waals surface area contributed by atoms with Gasteiger partial charge in [-0.1, -0.05) is 11.2 Å². The summed E-state index contributed by atoms with van der Waals surface area (Å²) in [7, 11) is 0. The smallest absolute Gasteiger partial charge is 0.192 e. The first kappa shape index (κ1) is 13.3. The summed E-state index contributed by atoms with van der Waals surface area (Å²) in [4.78, 5) is 8.72. The lowest BCUT2D eigenvalue weighted by Gasteiger charge is -2.07. The lowest BCUT2D eigenvalue weighted by Crippen LogP contribution is -2.16. The second-order valence-corrected chi connectivity index (χ2v) is 4.75. The Bertz CT molecular complexity index is 616. The predicted molar refractivity (Wildman–Crippen MR) is 69.8 cm³/mol. The number of aromatic nitrogens is 2. The Morgan fingerprint density at radius 3 is 2.68 bits per heavy atom. The van der Waals surface area contributed by atoms with E-state index < -0.39 is 5.82 Å². The molecule has 0 fully saturated rings. The van der Waals surface area contributed by atoms with E-state index in [0.717, 1.165) is 17.3 Å². The molecule has 0 unspecified atom stereocenters. The van der Waals surface area contributed by atoms with Gasteiger partial charge in [-0.15, -0.1) is 0 Å². The zero-order valence-corrected chi connectivity index (χ0v) is 10.9. The van der Waals surface area contributed by atoms with Crippen LogP contribution < -0.4 is 5.73 Å². The number of amidine groups is 1. The summed E-state index contributed by atoms with van der Waals surface area (Å²) in [5.41, 5.74) is 6.45. The predicted octanol–water partition coefficient (Wildman–Crippen LogP) is 2.17. The summed E-state index contributed by atoms with van der Waals surface area (Å²) < 4.78 is 13.7. The van der Waals surface area contributed by atoms with Crippen molar-refractivity contribution in [2.24, 2.45) is 10.9 Å². The summed E-state index contributed by atoms with van der Waals surface area (Å²) >= 11 is 1.15. The standard InChI is InChI=1S/C12H11FN4OS/c1-7-5-15-12(16-6-7)19-9-4-2-3-8(13)10(9)11(14)17-18/h2-6,18H,1H3,(H2,14,17).